The van der Waals surface area contributed by atoms with E-state index >= 15 is 0 Å². The normalized spacial score (nSPS) is 11.4. The maximum atomic E-state index is 12.6. The van der Waals surface area contributed by atoms with E-state index in [1.54, 1.807) is 22.6 Å². The van der Waals surface area contributed by atoms with Crippen LogP contribution < -0.4 is 16.0 Å². The maximum absolute atomic E-state index is 12.6. The molecule has 136 valence electrons. The van der Waals surface area contributed by atoms with Gasteiger partial charge in [-0.2, -0.15) is 0 Å². The maximum Gasteiger partial charge on any atom is 0.337 e. The minimum absolute atomic E-state index is 0.0805. The standard InChI is InChI=1S/C14H14I3N3O5/c1-4(12(22)18-3)19-13(23)6-8(15)7(14(24)25)10(17)11(9(6)16)20-5(2)21/h4H,1-3H3,(H,18,22)(H,19,23)(H,20,21)(H,24,25). The number of carboxylic acid groups (broad SMARTS) is 1. The molecular formula is C14H14I3N3O5. The summed E-state index contributed by atoms with van der Waals surface area (Å²) >= 11 is 5.48. The van der Waals surface area contributed by atoms with Crippen molar-refractivity contribution in [2.75, 3.05) is 12.4 Å². The molecule has 0 bridgehead atoms. The molecule has 8 nitrogen and oxygen atoms in total. The third-order valence-corrected chi connectivity index (χ3v) is 6.28. The van der Waals surface area contributed by atoms with Gasteiger partial charge in [0, 0.05) is 17.5 Å². The summed E-state index contributed by atoms with van der Waals surface area (Å²) in [5.41, 5.74) is 0.269. The molecule has 0 spiro atoms. The molecular weight excluding hydrogens is 671 g/mol. The van der Waals surface area contributed by atoms with Crippen molar-refractivity contribution in [3.05, 3.63) is 21.8 Å². The molecule has 0 heterocycles. The Hall–Kier alpha value is -0.710. The van der Waals surface area contributed by atoms with Crippen molar-refractivity contribution in [2.45, 2.75) is 19.9 Å². The molecule has 11 heteroatoms. The summed E-state index contributed by atoms with van der Waals surface area (Å²) in [6.45, 7) is 2.80. The highest BCUT2D eigenvalue weighted by Crippen LogP contribution is 2.35. The SMILES string of the molecule is CNC(=O)C(C)NC(=O)c1c(I)c(NC(C)=O)c(I)c(C(=O)O)c1I. The Bertz CT molecular complexity index is 767. The molecule has 0 aliphatic carbocycles. The van der Waals surface area contributed by atoms with Crippen molar-refractivity contribution >= 4 is 97.2 Å². The van der Waals surface area contributed by atoms with Gasteiger partial charge in [0.25, 0.3) is 5.91 Å². The Morgan fingerprint density at radius 1 is 1.00 bits per heavy atom. The van der Waals surface area contributed by atoms with Gasteiger partial charge in [0.2, 0.25) is 11.8 Å². The van der Waals surface area contributed by atoms with Gasteiger partial charge >= 0.3 is 5.97 Å². The monoisotopic (exact) mass is 685 g/mol. The smallest absolute Gasteiger partial charge is 0.337 e. The largest absolute Gasteiger partial charge is 0.478 e. The van der Waals surface area contributed by atoms with Crippen molar-refractivity contribution < 1.29 is 24.3 Å². The van der Waals surface area contributed by atoms with Crippen LogP contribution in [0.1, 0.15) is 34.6 Å². The van der Waals surface area contributed by atoms with E-state index in [9.17, 15) is 24.3 Å². The van der Waals surface area contributed by atoms with Crippen LogP contribution in [0.25, 0.3) is 0 Å². The van der Waals surface area contributed by atoms with Crippen LogP contribution in [0.2, 0.25) is 0 Å². The number of carbonyl (C=O) groups excluding carboxylic acids is 3. The average Bonchev–Trinajstić information content (AvgIpc) is 2.49. The molecule has 1 atom stereocenters. The molecule has 0 aliphatic rings. The molecule has 1 unspecified atom stereocenters. The van der Waals surface area contributed by atoms with Crippen molar-refractivity contribution in [1.82, 2.24) is 10.6 Å². The van der Waals surface area contributed by atoms with Gasteiger partial charge in [-0.3, -0.25) is 14.4 Å². The molecule has 1 rings (SSSR count). The molecule has 1 aromatic rings. The van der Waals surface area contributed by atoms with Gasteiger partial charge in [-0.15, -0.1) is 0 Å². The Morgan fingerprint density at radius 2 is 1.52 bits per heavy atom. The van der Waals surface area contributed by atoms with Crippen LogP contribution in [-0.2, 0) is 9.59 Å². The van der Waals surface area contributed by atoms with Gasteiger partial charge in [-0.05, 0) is 74.7 Å². The van der Waals surface area contributed by atoms with E-state index in [2.05, 4.69) is 16.0 Å². The van der Waals surface area contributed by atoms with Crippen LogP contribution in [0.15, 0.2) is 0 Å². The summed E-state index contributed by atoms with van der Waals surface area (Å²) in [6, 6.07) is -0.805. The number of rotatable bonds is 5. The summed E-state index contributed by atoms with van der Waals surface area (Å²) in [6.07, 6.45) is 0. The van der Waals surface area contributed by atoms with E-state index in [-0.39, 0.29) is 26.3 Å². The lowest BCUT2D eigenvalue weighted by atomic mass is 10.1. The molecule has 3 amide bonds. The van der Waals surface area contributed by atoms with Crippen molar-refractivity contribution in [3.8, 4) is 0 Å². The van der Waals surface area contributed by atoms with Gasteiger partial charge in [-0.25, -0.2) is 4.79 Å². The zero-order chi connectivity index (χ0) is 19.5. The minimum atomic E-state index is -1.22. The molecule has 1 aromatic carbocycles. The molecule has 0 fully saturated rings. The second kappa shape index (κ2) is 9.29. The third kappa shape index (κ3) is 5.15. The Labute approximate surface area is 184 Å². The topological polar surface area (TPSA) is 125 Å². The van der Waals surface area contributed by atoms with E-state index < -0.39 is 23.8 Å². The lowest BCUT2D eigenvalue weighted by Crippen LogP contribution is -2.44. The van der Waals surface area contributed by atoms with Crippen molar-refractivity contribution in [1.29, 1.82) is 0 Å². The van der Waals surface area contributed by atoms with Crippen LogP contribution in [0.5, 0.6) is 0 Å². The Balaban J connectivity index is 3.55. The van der Waals surface area contributed by atoms with Gasteiger partial charge < -0.3 is 21.1 Å². The predicted molar refractivity (Wildman–Crippen MR) is 117 cm³/mol. The fourth-order valence-corrected chi connectivity index (χ4v) is 6.28. The Kier molecular flexibility index (Phi) is 8.30. The number of carboxylic acids is 1. The van der Waals surface area contributed by atoms with E-state index in [1.165, 1.54) is 20.9 Å². The van der Waals surface area contributed by atoms with Crippen LogP contribution >= 0.6 is 67.8 Å². The van der Waals surface area contributed by atoms with Gasteiger partial charge in [0.1, 0.15) is 6.04 Å². The quantitative estimate of drug-likeness (QED) is 0.354. The number of amides is 3. The molecule has 25 heavy (non-hydrogen) atoms. The number of halogens is 3. The summed E-state index contributed by atoms with van der Waals surface area (Å²) < 4.78 is 0.952. The van der Waals surface area contributed by atoms with Crippen LogP contribution in [0.3, 0.4) is 0 Å². The third-order valence-electron chi connectivity index (χ3n) is 3.05. The number of anilines is 1. The lowest BCUT2D eigenvalue weighted by molar-refractivity contribution is -0.122. The highest BCUT2D eigenvalue weighted by molar-refractivity contribution is 14.1. The van der Waals surface area contributed by atoms with Crippen LogP contribution in [0, 0.1) is 10.7 Å². The molecule has 0 saturated heterocycles. The fraction of sp³-hybridized carbons (Fsp3) is 0.286. The van der Waals surface area contributed by atoms with Crippen molar-refractivity contribution in [3.63, 3.8) is 0 Å². The number of nitrogens with one attached hydrogen (secondary N) is 3. The van der Waals surface area contributed by atoms with E-state index in [4.69, 9.17) is 0 Å². The number of aromatic carboxylic acids is 1. The molecule has 0 aromatic heterocycles. The van der Waals surface area contributed by atoms with Gasteiger partial charge in [0.05, 0.1) is 24.0 Å². The first-order chi connectivity index (χ1) is 11.5. The summed E-state index contributed by atoms with van der Waals surface area (Å²) in [5, 5.41) is 17.0. The first-order valence-corrected chi connectivity index (χ1v) is 10.00. The van der Waals surface area contributed by atoms with Gasteiger partial charge in [-0.1, -0.05) is 0 Å². The molecule has 4 N–H and O–H groups in total. The lowest BCUT2D eigenvalue weighted by Gasteiger charge is -2.19. The second-order valence-corrected chi connectivity index (χ2v) is 8.10. The molecule has 0 saturated carbocycles. The molecule has 0 aliphatic heterocycles. The van der Waals surface area contributed by atoms with Gasteiger partial charge in [0.15, 0.2) is 0 Å². The van der Waals surface area contributed by atoms with Crippen molar-refractivity contribution in [2.24, 2.45) is 0 Å². The van der Waals surface area contributed by atoms with E-state index in [0.717, 1.165) is 0 Å². The number of benzene rings is 1. The number of likely N-dealkylation sites (N-methyl/N-ethyl adjacent to an activating group) is 1. The number of carbonyl (C=O) groups is 4. The zero-order valence-electron chi connectivity index (χ0n) is 13.3. The summed E-state index contributed by atoms with van der Waals surface area (Å²) in [7, 11) is 1.45. The highest BCUT2D eigenvalue weighted by Gasteiger charge is 2.29. The highest BCUT2D eigenvalue weighted by atomic mass is 127. The Morgan fingerprint density at radius 3 is 1.96 bits per heavy atom. The van der Waals surface area contributed by atoms with E-state index in [1.807, 2.05) is 45.2 Å². The van der Waals surface area contributed by atoms with E-state index in [0.29, 0.717) is 7.14 Å². The fourth-order valence-electron chi connectivity index (χ4n) is 1.89. The minimum Gasteiger partial charge on any atom is -0.478 e. The second-order valence-electron chi connectivity index (χ2n) is 4.86. The zero-order valence-corrected chi connectivity index (χ0v) is 19.8. The summed E-state index contributed by atoms with van der Waals surface area (Å²) in [4.78, 5) is 47.3. The average molecular weight is 685 g/mol. The number of hydrogen-bond donors (Lipinski definition) is 4. The molecule has 0 radical (unpaired) electrons. The number of hydrogen-bond acceptors (Lipinski definition) is 4. The van der Waals surface area contributed by atoms with Crippen LogP contribution in [0.4, 0.5) is 5.69 Å². The summed E-state index contributed by atoms with van der Waals surface area (Å²) in [5.74, 6) is -2.59. The predicted octanol–water partition coefficient (Wildman–Crippen LogP) is 2.02. The first-order valence-electron chi connectivity index (χ1n) is 6.76. The first kappa shape index (κ1) is 22.3. The van der Waals surface area contributed by atoms with Crippen LogP contribution in [-0.4, -0.2) is 41.9 Å².